The summed E-state index contributed by atoms with van der Waals surface area (Å²) < 4.78 is 129. The Morgan fingerprint density at radius 1 is 0.346 bits per heavy atom. The van der Waals surface area contributed by atoms with Crippen molar-refractivity contribution < 1.29 is 93.5 Å². The smallest absolute Gasteiger partial charge is 0.313 e. The number of hydrogen-bond acceptors (Lipinski definition) is 14. The van der Waals surface area contributed by atoms with Crippen molar-refractivity contribution in [3.8, 4) is 5.75 Å². The van der Waals surface area contributed by atoms with Gasteiger partial charge in [0.25, 0.3) is 0 Å². The van der Waals surface area contributed by atoms with Gasteiger partial charge in [0.1, 0.15) is 0 Å². The van der Waals surface area contributed by atoms with Gasteiger partial charge in [0.05, 0.1) is 158 Å². The third-order valence-corrected chi connectivity index (χ3v) is 6.02. The Morgan fingerprint density at radius 2 is 0.558 bits per heavy atom. The summed E-state index contributed by atoms with van der Waals surface area (Å²) in [5.74, 6) is -15.1. The van der Waals surface area contributed by atoms with Crippen molar-refractivity contribution in [3.05, 3.63) is 29.1 Å². The SMILES string of the molecule is O=C(O)CCOCCOCCOCCOCCOCCOCCOCCOCCOCCOCCOCCC(=O)Oc1c(F)c(F)c(F)c(F)c1F. The van der Waals surface area contributed by atoms with Crippen LogP contribution < -0.4 is 4.74 Å². The molecule has 0 amide bonds. The lowest BCUT2D eigenvalue weighted by Gasteiger charge is -2.09. The van der Waals surface area contributed by atoms with Crippen molar-refractivity contribution >= 4 is 11.9 Å². The lowest BCUT2D eigenvalue weighted by molar-refractivity contribution is -0.138. The number of carbonyl (C=O) groups excluding carboxylic acids is 1. The number of rotatable bonds is 37. The van der Waals surface area contributed by atoms with Crippen LogP contribution in [0.25, 0.3) is 0 Å². The van der Waals surface area contributed by atoms with Crippen molar-refractivity contribution in [3.63, 3.8) is 0 Å². The molecular weight excluding hydrogens is 719 g/mol. The third kappa shape index (κ3) is 25.4. The molecule has 15 nitrogen and oxygen atoms in total. The van der Waals surface area contributed by atoms with E-state index in [4.69, 9.17) is 57.2 Å². The molecule has 0 aliphatic heterocycles. The van der Waals surface area contributed by atoms with Crippen molar-refractivity contribution in [2.75, 3.05) is 145 Å². The first-order chi connectivity index (χ1) is 25.3. The molecule has 0 aromatic heterocycles. The van der Waals surface area contributed by atoms with E-state index < -0.39 is 53.2 Å². The van der Waals surface area contributed by atoms with Crippen LogP contribution in [-0.2, 0) is 61.7 Å². The molecule has 0 radical (unpaired) electrons. The van der Waals surface area contributed by atoms with E-state index in [0.29, 0.717) is 112 Å². The molecule has 0 aliphatic rings. The fourth-order valence-corrected chi connectivity index (χ4v) is 3.46. The summed E-state index contributed by atoms with van der Waals surface area (Å²) in [6, 6.07) is 0. The molecule has 1 aromatic rings. The Morgan fingerprint density at radius 3 is 0.808 bits per heavy atom. The lowest BCUT2D eigenvalue weighted by atomic mass is 10.2. The first-order valence-corrected chi connectivity index (χ1v) is 16.5. The molecule has 0 saturated carbocycles. The largest absolute Gasteiger partial charge is 0.481 e. The molecule has 0 heterocycles. The van der Waals surface area contributed by atoms with Gasteiger partial charge in [-0.1, -0.05) is 0 Å². The second-order valence-corrected chi connectivity index (χ2v) is 10.0. The summed E-state index contributed by atoms with van der Waals surface area (Å²) in [4.78, 5) is 22.0. The Labute approximate surface area is 298 Å². The average Bonchev–Trinajstić information content (AvgIpc) is 3.13. The number of carboxylic acid groups (broad SMARTS) is 1. The minimum Gasteiger partial charge on any atom is -0.481 e. The van der Waals surface area contributed by atoms with Gasteiger partial charge in [-0.25, -0.2) is 13.2 Å². The third-order valence-electron chi connectivity index (χ3n) is 6.02. The van der Waals surface area contributed by atoms with E-state index in [1.807, 2.05) is 0 Å². The first kappa shape index (κ1) is 47.4. The normalized spacial score (nSPS) is 11.4. The van der Waals surface area contributed by atoms with Crippen LogP contribution >= 0.6 is 0 Å². The zero-order valence-corrected chi connectivity index (χ0v) is 29.0. The Bertz CT molecular complexity index is 1040. The van der Waals surface area contributed by atoms with Crippen molar-refractivity contribution in [1.29, 1.82) is 0 Å². The van der Waals surface area contributed by atoms with Crippen LogP contribution in [0, 0.1) is 29.1 Å². The van der Waals surface area contributed by atoms with Crippen LogP contribution in [0.3, 0.4) is 0 Å². The molecule has 0 spiro atoms. The van der Waals surface area contributed by atoms with Gasteiger partial charge in [0, 0.05) is 0 Å². The zero-order valence-electron chi connectivity index (χ0n) is 29.0. The minimum atomic E-state index is -2.35. The molecule has 1 N–H and O–H groups in total. The number of benzene rings is 1. The summed E-state index contributed by atoms with van der Waals surface area (Å²) in [5.41, 5.74) is 0. The lowest BCUT2D eigenvalue weighted by Crippen LogP contribution is -2.16. The summed E-state index contributed by atoms with van der Waals surface area (Å²) in [5, 5.41) is 8.48. The summed E-state index contributed by atoms with van der Waals surface area (Å²) in [7, 11) is 0. The fraction of sp³-hybridized carbons (Fsp3) is 0.750. The number of halogens is 5. The molecule has 20 heteroatoms. The van der Waals surface area contributed by atoms with Gasteiger partial charge in [-0.05, 0) is 0 Å². The number of aliphatic carboxylic acids is 1. The quantitative estimate of drug-likeness (QED) is 0.0262. The number of esters is 1. The second-order valence-electron chi connectivity index (χ2n) is 10.0. The molecule has 0 aliphatic carbocycles. The van der Waals surface area contributed by atoms with Crippen LogP contribution in [0.4, 0.5) is 22.0 Å². The monoisotopic (exact) mass is 768 g/mol. The molecule has 0 saturated heterocycles. The van der Waals surface area contributed by atoms with E-state index in [1.165, 1.54) is 0 Å². The van der Waals surface area contributed by atoms with E-state index in [2.05, 4.69) is 4.74 Å². The van der Waals surface area contributed by atoms with E-state index in [-0.39, 0.29) is 39.5 Å². The highest BCUT2D eigenvalue weighted by atomic mass is 19.2. The maximum atomic E-state index is 13.5. The van der Waals surface area contributed by atoms with Gasteiger partial charge >= 0.3 is 11.9 Å². The van der Waals surface area contributed by atoms with Gasteiger partial charge in [0.15, 0.2) is 0 Å². The van der Waals surface area contributed by atoms with Gasteiger partial charge in [-0.15, -0.1) is 0 Å². The molecular formula is C32H49F5O15. The summed E-state index contributed by atoms with van der Waals surface area (Å²) in [6.07, 6.45) is -0.518. The highest BCUT2D eigenvalue weighted by Gasteiger charge is 2.28. The Balaban J connectivity index is 1.73. The average molecular weight is 769 g/mol. The molecule has 52 heavy (non-hydrogen) atoms. The van der Waals surface area contributed by atoms with E-state index in [1.54, 1.807) is 0 Å². The van der Waals surface area contributed by atoms with E-state index in [9.17, 15) is 31.5 Å². The van der Waals surface area contributed by atoms with Gasteiger partial charge in [-0.2, -0.15) is 8.78 Å². The maximum absolute atomic E-state index is 13.5. The predicted octanol–water partition coefficient (Wildman–Crippen LogP) is 2.33. The fourth-order valence-electron chi connectivity index (χ4n) is 3.46. The molecule has 1 aromatic carbocycles. The molecule has 1 rings (SSSR count). The number of carboxylic acids is 1. The molecule has 0 bridgehead atoms. The predicted molar refractivity (Wildman–Crippen MR) is 168 cm³/mol. The topological polar surface area (TPSA) is 165 Å². The number of hydrogen-bond donors (Lipinski definition) is 1. The Kier molecular flexibility index (Phi) is 30.1. The molecule has 302 valence electrons. The molecule has 0 fully saturated rings. The maximum Gasteiger partial charge on any atom is 0.313 e. The van der Waals surface area contributed by atoms with E-state index in [0.717, 1.165) is 0 Å². The van der Waals surface area contributed by atoms with Crippen molar-refractivity contribution in [1.82, 2.24) is 0 Å². The highest BCUT2D eigenvalue weighted by Crippen LogP contribution is 2.29. The van der Waals surface area contributed by atoms with Crippen molar-refractivity contribution in [2.24, 2.45) is 0 Å². The first-order valence-electron chi connectivity index (χ1n) is 16.5. The van der Waals surface area contributed by atoms with Crippen molar-refractivity contribution in [2.45, 2.75) is 12.8 Å². The van der Waals surface area contributed by atoms with Gasteiger partial charge < -0.3 is 61.9 Å². The van der Waals surface area contributed by atoms with Gasteiger partial charge in [-0.3, -0.25) is 9.59 Å². The van der Waals surface area contributed by atoms with E-state index >= 15 is 0 Å². The summed E-state index contributed by atoms with van der Waals surface area (Å²) >= 11 is 0. The zero-order chi connectivity index (χ0) is 38.1. The van der Waals surface area contributed by atoms with Gasteiger partial charge in [0.2, 0.25) is 34.8 Å². The standard InChI is InChI=1S/C32H49F5O15/c33-27-28(34)30(36)32(31(37)29(27)35)52-26(40)2-4-42-6-8-44-10-12-46-14-16-48-18-20-50-22-24-51-23-21-49-19-17-47-15-13-45-11-9-43-7-5-41-3-1-25(38)39/h1-24H2,(H,38,39). The molecule has 0 atom stereocenters. The highest BCUT2D eigenvalue weighted by molar-refractivity contribution is 5.72. The van der Waals surface area contributed by atoms with Crippen LogP contribution in [0.5, 0.6) is 5.75 Å². The number of carbonyl (C=O) groups is 2. The van der Waals surface area contributed by atoms with Crippen LogP contribution in [0.15, 0.2) is 0 Å². The van der Waals surface area contributed by atoms with Crippen LogP contribution in [0.1, 0.15) is 12.8 Å². The minimum absolute atomic E-state index is 0.0248. The summed E-state index contributed by atoms with van der Waals surface area (Å²) in [6.45, 7) is 7.24. The van der Waals surface area contributed by atoms with Crippen LogP contribution in [-0.4, -0.2) is 162 Å². The number of ether oxygens (including phenoxy) is 12. The molecule has 0 unspecified atom stereocenters. The second kappa shape index (κ2) is 33.0. The Hall–Kier alpha value is -2.63. The van der Waals surface area contributed by atoms with Crippen LogP contribution in [0.2, 0.25) is 0 Å².